The summed E-state index contributed by atoms with van der Waals surface area (Å²) in [4.78, 5) is 0. The van der Waals surface area contributed by atoms with E-state index in [0.717, 1.165) is 10.2 Å². The first-order chi connectivity index (χ1) is 6.68. The molecule has 3 heteroatoms. The lowest BCUT2D eigenvalue weighted by molar-refractivity contribution is 0.959. The van der Waals surface area contributed by atoms with Gasteiger partial charge in [0.25, 0.3) is 0 Å². The van der Waals surface area contributed by atoms with E-state index < -0.39 is 0 Å². The van der Waals surface area contributed by atoms with E-state index in [4.69, 9.17) is 0 Å². The van der Waals surface area contributed by atoms with Crippen LogP contribution in [0.5, 0.6) is 0 Å². The zero-order chi connectivity index (χ0) is 10.1. The molecule has 0 radical (unpaired) electrons. The van der Waals surface area contributed by atoms with Crippen molar-refractivity contribution in [1.29, 1.82) is 0 Å². The van der Waals surface area contributed by atoms with Crippen LogP contribution in [0.4, 0.5) is 0 Å². The summed E-state index contributed by atoms with van der Waals surface area (Å²) in [7, 11) is 0. The molecule has 0 bridgehead atoms. The molecule has 1 N–H and O–H groups in total. The molecule has 1 heterocycles. The molecule has 0 spiro atoms. The highest BCUT2D eigenvalue weighted by atomic mass is 79.9. The third-order valence-electron chi connectivity index (χ3n) is 2.39. The Bertz CT molecular complexity index is 423. The van der Waals surface area contributed by atoms with Crippen molar-refractivity contribution in [3.63, 3.8) is 0 Å². The van der Waals surface area contributed by atoms with E-state index >= 15 is 0 Å². The Kier molecular flexibility index (Phi) is 4.17. The highest BCUT2D eigenvalue weighted by Crippen LogP contribution is 2.29. The molecule has 2 rings (SSSR count). The summed E-state index contributed by atoms with van der Waals surface area (Å²) in [5, 5.41) is 3.37. The van der Waals surface area contributed by atoms with Gasteiger partial charge in [-0.15, -0.1) is 17.0 Å². The SMILES string of the molecule is Br.CC1=CC=CC=C2NC(C)=C(Br)C=C12. The topological polar surface area (TPSA) is 12.0 Å². The van der Waals surface area contributed by atoms with Crippen molar-refractivity contribution in [2.75, 3.05) is 0 Å². The molecule has 0 atom stereocenters. The molecule has 1 aliphatic carbocycles. The molecule has 0 saturated carbocycles. The molecule has 0 fully saturated rings. The average Bonchev–Trinajstić information content (AvgIpc) is 2.31. The molecular weight excluding hydrogens is 318 g/mol. The molecule has 15 heavy (non-hydrogen) atoms. The second-order valence-corrected chi connectivity index (χ2v) is 4.33. The Balaban J connectivity index is 0.00000112. The summed E-state index contributed by atoms with van der Waals surface area (Å²) >= 11 is 3.53. The van der Waals surface area contributed by atoms with Crippen LogP contribution >= 0.6 is 32.9 Å². The van der Waals surface area contributed by atoms with E-state index in [-0.39, 0.29) is 17.0 Å². The fraction of sp³-hybridized carbons (Fsp3) is 0.167. The van der Waals surface area contributed by atoms with Gasteiger partial charge < -0.3 is 5.32 Å². The highest BCUT2D eigenvalue weighted by Gasteiger charge is 2.14. The largest absolute Gasteiger partial charge is 0.358 e. The second-order valence-electron chi connectivity index (χ2n) is 3.47. The summed E-state index contributed by atoms with van der Waals surface area (Å²) in [6.07, 6.45) is 10.5. The molecule has 0 unspecified atom stereocenters. The molecule has 1 nitrogen and oxygen atoms in total. The van der Waals surface area contributed by atoms with Crippen LogP contribution in [0.25, 0.3) is 0 Å². The van der Waals surface area contributed by atoms with Crippen molar-refractivity contribution in [2.24, 2.45) is 0 Å². The number of hydrogen-bond donors (Lipinski definition) is 1. The monoisotopic (exact) mass is 329 g/mol. The van der Waals surface area contributed by atoms with Gasteiger partial charge in [-0.2, -0.15) is 0 Å². The molecule has 0 aromatic heterocycles. The van der Waals surface area contributed by atoms with Crippen molar-refractivity contribution in [2.45, 2.75) is 13.8 Å². The van der Waals surface area contributed by atoms with E-state index in [2.05, 4.69) is 65.5 Å². The number of halogens is 2. The minimum Gasteiger partial charge on any atom is -0.358 e. The minimum atomic E-state index is 0. The minimum absolute atomic E-state index is 0. The number of allylic oxidation sites excluding steroid dienone is 8. The molecule has 2 aliphatic rings. The van der Waals surface area contributed by atoms with Crippen LogP contribution in [0, 0.1) is 0 Å². The zero-order valence-corrected chi connectivity index (χ0v) is 12.0. The molecule has 0 amide bonds. The van der Waals surface area contributed by atoms with Crippen molar-refractivity contribution >= 4 is 32.9 Å². The van der Waals surface area contributed by atoms with Gasteiger partial charge in [-0.3, -0.25) is 0 Å². The van der Waals surface area contributed by atoms with Crippen molar-refractivity contribution in [3.8, 4) is 0 Å². The van der Waals surface area contributed by atoms with Crippen LogP contribution < -0.4 is 5.32 Å². The summed E-state index contributed by atoms with van der Waals surface area (Å²) in [5.41, 5.74) is 4.87. The lowest BCUT2D eigenvalue weighted by atomic mass is 10.0. The van der Waals surface area contributed by atoms with Crippen LogP contribution in [0.3, 0.4) is 0 Å². The smallest absolute Gasteiger partial charge is 0.0458 e. The number of rotatable bonds is 0. The standard InChI is InChI=1S/C12H12BrN.BrH/c1-8-5-3-4-6-12-10(8)7-11(13)9(2)14-12;/h3-7,14H,1-2H3;1H. The normalized spacial score (nSPS) is 19.0. The second kappa shape index (κ2) is 4.99. The van der Waals surface area contributed by atoms with Crippen LogP contribution in [-0.4, -0.2) is 0 Å². The van der Waals surface area contributed by atoms with Gasteiger partial charge in [0.2, 0.25) is 0 Å². The van der Waals surface area contributed by atoms with Gasteiger partial charge in [0.15, 0.2) is 0 Å². The maximum Gasteiger partial charge on any atom is 0.0458 e. The molecule has 80 valence electrons. The van der Waals surface area contributed by atoms with Crippen LogP contribution in [0.1, 0.15) is 13.8 Å². The first kappa shape index (κ1) is 12.5. The van der Waals surface area contributed by atoms with Gasteiger partial charge in [0.05, 0.1) is 0 Å². The Labute approximate surface area is 109 Å². The molecule has 0 saturated heterocycles. The molecule has 0 aromatic carbocycles. The first-order valence-corrected chi connectivity index (χ1v) is 5.39. The maximum atomic E-state index is 3.53. The van der Waals surface area contributed by atoms with Crippen LogP contribution in [0.2, 0.25) is 0 Å². The molecule has 0 aromatic rings. The Morgan fingerprint density at radius 3 is 2.53 bits per heavy atom. The van der Waals surface area contributed by atoms with Gasteiger partial charge in [0, 0.05) is 21.4 Å². The van der Waals surface area contributed by atoms with Gasteiger partial charge in [-0.25, -0.2) is 0 Å². The predicted molar refractivity (Wildman–Crippen MR) is 74.1 cm³/mol. The molecular formula is C12H13Br2N. The van der Waals surface area contributed by atoms with E-state index in [1.807, 2.05) is 0 Å². The lowest BCUT2D eigenvalue weighted by Crippen LogP contribution is -2.17. The van der Waals surface area contributed by atoms with Gasteiger partial charge in [0.1, 0.15) is 0 Å². The molecule has 1 aliphatic heterocycles. The van der Waals surface area contributed by atoms with Gasteiger partial charge in [-0.1, -0.05) is 18.2 Å². The predicted octanol–water partition coefficient (Wildman–Crippen LogP) is 4.12. The number of nitrogens with one attached hydrogen (secondary N) is 1. The lowest BCUT2D eigenvalue weighted by Gasteiger charge is -2.20. The van der Waals surface area contributed by atoms with Crippen molar-refractivity contribution < 1.29 is 0 Å². The Morgan fingerprint density at radius 1 is 1.13 bits per heavy atom. The summed E-state index contributed by atoms with van der Waals surface area (Å²) in [6, 6.07) is 0. The third kappa shape index (κ3) is 2.52. The fourth-order valence-corrected chi connectivity index (χ4v) is 1.87. The fourth-order valence-electron chi connectivity index (χ4n) is 1.54. The maximum absolute atomic E-state index is 3.53. The number of dihydropyridines is 1. The number of hydrogen-bond acceptors (Lipinski definition) is 1. The zero-order valence-electron chi connectivity index (χ0n) is 8.67. The van der Waals surface area contributed by atoms with E-state index in [0.29, 0.717) is 0 Å². The number of fused-ring (bicyclic) bond motifs is 1. The quantitative estimate of drug-likeness (QED) is 0.704. The van der Waals surface area contributed by atoms with E-state index in [1.165, 1.54) is 16.8 Å². The summed E-state index contributed by atoms with van der Waals surface area (Å²) in [5.74, 6) is 0. The van der Waals surface area contributed by atoms with Crippen molar-refractivity contribution in [1.82, 2.24) is 5.32 Å². The van der Waals surface area contributed by atoms with Crippen molar-refractivity contribution in [3.05, 3.63) is 57.4 Å². The van der Waals surface area contributed by atoms with E-state index in [9.17, 15) is 0 Å². The summed E-state index contributed by atoms with van der Waals surface area (Å²) in [6.45, 7) is 4.18. The van der Waals surface area contributed by atoms with Gasteiger partial charge in [-0.05, 0) is 47.5 Å². The van der Waals surface area contributed by atoms with Crippen LogP contribution in [-0.2, 0) is 0 Å². The van der Waals surface area contributed by atoms with Crippen LogP contribution in [0.15, 0.2) is 57.4 Å². The van der Waals surface area contributed by atoms with Gasteiger partial charge >= 0.3 is 0 Å². The summed E-state index contributed by atoms with van der Waals surface area (Å²) < 4.78 is 1.12. The third-order valence-corrected chi connectivity index (χ3v) is 3.21. The average molecular weight is 331 g/mol. The first-order valence-electron chi connectivity index (χ1n) is 4.59. The van der Waals surface area contributed by atoms with E-state index in [1.54, 1.807) is 0 Å². The Hall–Kier alpha value is -0.540. The highest BCUT2D eigenvalue weighted by molar-refractivity contribution is 9.11. The Morgan fingerprint density at radius 2 is 1.80 bits per heavy atom.